The predicted molar refractivity (Wildman–Crippen MR) is 129 cm³/mol. The number of aromatic hydroxyl groups is 1. The van der Waals surface area contributed by atoms with E-state index >= 15 is 0 Å². The topological polar surface area (TPSA) is 80.9 Å². The molecule has 5 rings (SSSR count). The molecule has 2 heterocycles. The monoisotopic (exact) mass is 440 g/mol. The summed E-state index contributed by atoms with van der Waals surface area (Å²) < 4.78 is 12.7. The Bertz CT molecular complexity index is 1440. The van der Waals surface area contributed by atoms with Gasteiger partial charge in [0.25, 0.3) is 0 Å². The van der Waals surface area contributed by atoms with Gasteiger partial charge in [-0.15, -0.1) is 0 Å². The second kappa shape index (κ2) is 8.70. The highest BCUT2D eigenvalue weighted by Crippen LogP contribution is 2.39. The molecule has 5 aromatic rings. The van der Waals surface area contributed by atoms with Gasteiger partial charge in [-0.1, -0.05) is 36.4 Å². The van der Waals surface area contributed by atoms with Gasteiger partial charge in [0.1, 0.15) is 17.3 Å². The van der Waals surface area contributed by atoms with Gasteiger partial charge in [-0.25, -0.2) is 4.98 Å². The fraction of sp³-hybridized carbons (Fsp3) is 0.154. The molecule has 2 N–H and O–H groups in total. The van der Waals surface area contributed by atoms with Crippen LogP contribution in [-0.2, 0) is 6.42 Å². The van der Waals surface area contributed by atoms with E-state index in [2.05, 4.69) is 10.3 Å². The second-order valence-corrected chi connectivity index (χ2v) is 7.66. The Morgan fingerprint density at radius 3 is 2.70 bits per heavy atom. The Labute approximate surface area is 191 Å². The number of hydrogen-bond acceptors (Lipinski definition) is 6. The molecule has 0 aliphatic carbocycles. The molecule has 0 saturated heterocycles. The normalized spacial score (nSPS) is 11.1. The van der Waals surface area contributed by atoms with Crippen LogP contribution in [0.25, 0.3) is 27.7 Å². The molecule has 7 heteroatoms. The molecule has 0 unspecified atom stereocenters. The molecular formula is C26H24N4O3. The zero-order chi connectivity index (χ0) is 22.8. The van der Waals surface area contributed by atoms with Crippen molar-refractivity contribution >= 4 is 22.2 Å². The smallest absolute Gasteiger partial charge is 0.160 e. The van der Waals surface area contributed by atoms with Crippen LogP contribution in [0.3, 0.4) is 0 Å². The van der Waals surface area contributed by atoms with Gasteiger partial charge < -0.3 is 19.9 Å². The van der Waals surface area contributed by atoms with Crippen LogP contribution in [0.4, 0.5) is 5.82 Å². The van der Waals surface area contributed by atoms with Crippen molar-refractivity contribution in [2.75, 3.05) is 26.1 Å². The van der Waals surface area contributed by atoms with Gasteiger partial charge in [0.15, 0.2) is 17.1 Å². The van der Waals surface area contributed by atoms with Crippen molar-refractivity contribution in [2.45, 2.75) is 6.42 Å². The minimum Gasteiger partial charge on any atom is -0.507 e. The van der Waals surface area contributed by atoms with Crippen LogP contribution < -0.4 is 14.8 Å². The summed E-state index contributed by atoms with van der Waals surface area (Å²) in [6, 6.07) is 17.5. The van der Waals surface area contributed by atoms with Crippen LogP contribution in [0.2, 0.25) is 0 Å². The first-order chi connectivity index (χ1) is 16.2. The summed E-state index contributed by atoms with van der Waals surface area (Å²) in [5.41, 5.74) is 3.20. The van der Waals surface area contributed by atoms with E-state index in [1.165, 1.54) is 0 Å². The molecule has 33 heavy (non-hydrogen) atoms. The van der Waals surface area contributed by atoms with E-state index in [1.807, 2.05) is 59.1 Å². The van der Waals surface area contributed by atoms with Crippen LogP contribution >= 0.6 is 0 Å². The molecule has 0 amide bonds. The molecule has 2 aromatic heterocycles. The molecule has 0 aliphatic rings. The third-order valence-electron chi connectivity index (χ3n) is 5.73. The van der Waals surface area contributed by atoms with Crippen molar-refractivity contribution in [3.8, 4) is 28.5 Å². The second-order valence-electron chi connectivity index (χ2n) is 7.66. The van der Waals surface area contributed by atoms with Crippen molar-refractivity contribution in [3.05, 3.63) is 78.8 Å². The Morgan fingerprint density at radius 2 is 1.85 bits per heavy atom. The van der Waals surface area contributed by atoms with E-state index in [0.29, 0.717) is 34.9 Å². The van der Waals surface area contributed by atoms with Gasteiger partial charge in [-0.3, -0.25) is 9.38 Å². The minimum absolute atomic E-state index is 0.188. The lowest BCUT2D eigenvalue weighted by Gasteiger charge is -2.13. The molecular weight excluding hydrogens is 416 g/mol. The maximum atomic E-state index is 10.8. The third kappa shape index (κ3) is 3.78. The number of ether oxygens (including phenoxy) is 2. The number of phenols is 1. The average molecular weight is 441 g/mol. The summed E-state index contributed by atoms with van der Waals surface area (Å²) in [5.74, 6) is 2.40. The van der Waals surface area contributed by atoms with E-state index in [4.69, 9.17) is 14.5 Å². The van der Waals surface area contributed by atoms with Gasteiger partial charge in [-0.2, -0.15) is 0 Å². The predicted octanol–water partition coefficient (Wildman–Crippen LogP) is 4.93. The van der Waals surface area contributed by atoms with Crippen LogP contribution in [0.5, 0.6) is 17.2 Å². The Balaban J connectivity index is 1.52. The highest BCUT2D eigenvalue weighted by atomic mass is 16.5. The minimum atomic E-state index is 0.188. The number of aromatic nitrogens is 3. The van der Waals surface area contributed by atoms with Crippen LogP contribution in [0.15, 0.2) is 73.2 Å². The lowest BCUT2D eigenvalue weighted by molar-refractivity contribution is 0.354. The number of methoxy groups -OCH3 is 2. The SMILES string of the molecule is COc1ccc(CCNc2c(-c3c(O)ccc4ccccc34)nc3cnccn23)cc1OC. The van der Waals surface area contributed by atoms with Gasteiger partial charge in [-0.05, 0) is 41.0 Å². The zero-order valence-corrected chi connectivity index (χ0v) is 18.4. The first-order valence-electron chi connectivity index (χ1n) is 10.7. The number of nitrogens with one attached hydrogen (secondary N) is 1. The third-order valence-corrected chi connectivity index (χ3v) is 5.73. The van der Waals surface area contributed by atoms with E-state index in [0.717, 1.165) is 28.6 Å². The van der Waals surface area contributed by atoms with Gasteiger partial charge in [0.05, 0.1) is 26.0 Å². The van der Waals surface area contributed by atoms with Crippen LogP contribution in [-0.4, -0.2) is 40.2 Å². The first kappa shape index (κ1) is 20.6. The number of hydrogen-bond donors (Lipinski definition) is 2. The number of anilines is 1. The number of rotatable bonds is 7. The fourth-order valence-electron chi connectivity index (χ4n) is 4.12. The van der Waals surface area contributed by atoms with E-state index in [9.17, 15) is 5.11 Å². The van der Waals surface area contributed by atoms with Gasteiger partial charge in [0, 0.05) is 18.9 Å². The summed E-state index contributed by atoms with van der Waals surface area (Å²) in [6.45, 7) is 0.657. The van der Waals surface area contributed by atoms with E-state index < -0.39 is 0 Å². The molecule has 166 valence electrons. The lowest BCUT2D eigenvalue weighted by Crippen LogP contribution is -2.08. The fourth-order valence-corrected chi connectivity index (χ4v) is 4.12. The first-order valence-corrected chi connectivity index (χ1v) is 10.7. The largest absolute Gasteiger partial charge is 0.507 e. The average Bonchev–Trinajstić information content (AvgIpc) is 3.21. The molecule has 7 nitrogen and oxygen atoms in total. The molecule has 0 atom stereocenters. The summed E-state index contributed by atoms with van der Waals surface area (Å²) in [5, 5.41) is 16.3. The molecule has 0 saturated carbocycles. The van der Waals surface area contributed by atoms with Crippen molar-refractivity contribution in [1.82, 2.24) is 14.4 Å². The number of imidazole rings is 1. The number of phenolic OH excluding ortho intramolecular Hbond substituents is 1. The zero-order valence-electron chi connectivity index (χ0n) is 18.4. The van der Waals surface area contributed by atoms with E-state index in [-0.39, 0.29) is 5.75 Å². The van der Waals surface area contributed by atoms with Crippen molar-refractivity contribution < 1.29 is 14.6 Å². The summed E-state index contributed by atoms with van der Waals surface area (Å²) in [4.78, 5) is 9.02. The number of nitrogens with zero attached hydrogens (tertiary/aromatic N) is 3. The van der Waals surface area contributed by atoms with Crippen molar-refractivity contribution in [2.24, 2.45) is 0 Å². The molecule has 0 fully saturated rings. The summed E-state index contributed by atoms with van der Waals surface area (Å²) >= 11 is 0. The summed E-state index contributed by atoms with van der Waals surface area (Å²) in [7, 11) is 3.26. The quantitative estimate of drug-likeness (QED) is 0.374. The van der Waals surface area contributed by atoms with E-state index in [1.54, 1.807) is 32.7 Å². The number of benzene rings is 3. The molecule has 0 radical (unpaired) electrons. The van der Waals surface area contributed by atoms with Gasteiger partial charge >= 0.3 is 0 Å². The van der Waals surface area contributed by atoms with Crippen molar-refractivity contribution in [1.29, 1.82) is 0 Å². The van der Waals surface area contributed by atoms with Gasteiger partial charge in [0.2, 0.25) is 0 Å². The standard InChI is InChI=1S/C26H24N4O3/c1-32-21-10-7-17(15-22(21)33-2)11-12-28-26-25(29-23-16-27-13-14-30(23)26)24-19-6-4-3-5-18(19)8-9-20(24)31/h3-10,13-16,28,31H,11-12H2,1-2H3. The molecule has 0 aliphatic heterocycles. The molecule has 3 aromatic carbocycles. The maximum Gasteiger partial charge on any atom is 0.160 e. The lowest BCUT2D eigenvalue weighted by atomic mass is 10.0. The Morgan fingerprint density at radius 1 is 1.00 bits per heavy atom. The molecule has 0 bridgehead atoms. The highest BCUT2D eigenvalue weighted by Gasteiger charge is 2.19. The maximum absolute atomic E-state index is 10.8. The highest BCUT2D eigenvalue weighted by molar-refractivity contribution is 6.01. The number of fused-ring (bicyclic) bond motifs is 2. The summed E-state index contributed by atoms with van der Waals surface area (Å²) in [6.07, 6.45) is 6.07. The van der Waals surface area contributed by atoms with Crippen LogP contribution in [0, 0.1) is 0 Å². The molecule has 0 spiro atoms. The van der Waals surface area contributed by atoms with Crippen molar-refractivity contribution in [3.63, 3.8) is 0 Å². The Hall–Kier alpha value is -4.26. The Kier molecular flexibility index (Phi) is 5.44. The van der Waals surface area contributed by atoms with Crippen LogP contribution in [0.1, 0.15) is 5.56 Å².